The van der Waals surface area contributed by atoms with E-state index >= 15 is 0 Å². The lowest BCUT2D eigenvalue weighted by Crippen LogP contribution is -2.24. The average molecular weight is 114 g/mol. The summed E-state index contributed by atoms with van der Waals surface area (Å²) in [5.41, 5.74) is 0.153. The van der Waals surface area contributed by atoms with E-state index in [-0.39, 0.29) is 5.60 Å². The first kappa shape index (κ1) is 6.09. The third-order valence-corrected chi connectivity index (χ3v) is 2.21. The fraction of sp³-hybridized carbons (Fsp3) is 1.00. The highest BCUT2D eigenvalue weighted by molar-refractivity contribution is 4.80. The Morgan fingerprint density at radius 2 is 2.12 bits per heavy atom. The van der Waals surface area contributed by atoms with Crippen LogP contribution in [0.3, 0.4) is 0 Å². The minimum absolute atomic E-state index is 0.153. The first-order valence-corrected chi connectivity index (χ1v) is 3.27. The maximum Gasteiger partial charge on any atom is 0.0652 e. The van der Waals surface area contributed by atoms with E-state index in [9.17, 15) is 0 Å². The molecule has 1 fully saturated rings. The second-order valence-electron chi connectivity index (χ2n) is 3.14. The molecule has 0 saturated carbocycles. The Bertz CT molecular complexity index is 86.4. The predicted octanol–water partition coefficient (Wildman–Crippen LogP) is 1.82. The smallest absolute Gasteiger partial charge is 0.0652 e. The molecule has 8 heavy (non-hydrogen) atoms. The van der Waals surface area contributed by atoms with Crippen LogP contribution in [0.2, 0.25) is 0 Å². The van der Waals surface area contributed by atoms with Crippen LogP contribution in [0.1, 0.15) is 27.2 Å². The Morgan fingerprint density at radius 1 is 1.50 bits per heavy atom. The monoisotopic (exact) mass is 114 g/mol. The Kier molecular flexibility index (Phi) is 1.31. The largest absolute Gasteiger partial charge is 0.375 e. The molecule has 48 valence electrons. The van der Waals surface area contributed by atoms with Gasteiger partial charge in [0.05, 0.1) is 5.60 Å². The van der Waals surface area contributed by atoms with Crippen molar-refractivity contribution in [2.24, 2.45) is 5.92 Å². The molecule has 0 spiro atoms. The second-order valence-corrected chi connectivity index (χ2v) is 3.14. The van der Waals surface area contributed by atoms with Gasteiger partial charge in [0, 0.05) is 6.61 Å². The van der Waals surface area contributed by atoms with Gasteiger partial charge in [0.1, 0.15) is 0 Å². The molecule has 1 atom stereocenters. The van der Waals surface area contributed by atoms with Gasteiger partial charge in [-0.1, -0.05) is 6.92 Å². The summed E-state index contributed by atoms with van der Waals surface area (Å²) in [6, 6.07) is 0. The second kappa shape index (κ2) is 1.73. The zero-order valence-electron chi connectivity index (χ0n) is 5.90. The summed E-state index contributed by atoms with van der Waals surface area (Å²) in [6.07, 6.45) is 1.23. The fourth-order valence-corrected chi connectivity index (χ4v) is 0.989. The first-order chi connectivity index (χ1) is 3.63. The van der Waals surface area contributed by atoms with Crippen molar-refractivity contribution in [3.05, 3.63) is 0 Å². The minimum Gasteiger partial charge on any atom is -0.375 e. The van der Waals surface area contributed by atoms with Crippen molar-refractivity contribution in [2.45, 2.75) is 32.8 Å². The number of ether oxygens (including phenoxy) is 1. The van der Waals surface area contributed by atoms with Crippen molar-refractivity contribution in [3.8, 4) is 0 Å². The summed E-state index contributed by atoms with van der Waals surface area (Å²) >= 11 is 0. The van der Waals surface area contributed by atoms with Crippen molar-refractivity contribution < 1.29 is 4.74 Å². The fourth-order valence-electron chi connectivity index (χ4n) is 0.989. The normalized spacial score (nSPS) is 35.6. The van der Waals surface area contributed by atoms with Crippen LogP contribution in [-0.4, -0.2) is 12.2 Å². The van der Waals surface area contributed by atoms with Crippen molar-refractivity contribution in [1.82, 2.24) is 0 Å². The topological polar surface area (TPSA) is 9.23 Å². The maximum absolute atomic E-state index is 5.45. The molecule has 1 aliphatic heterocycles. The molecule has 1 saturated heterocycles. The van der Waals surface area contributed by atoms with Crippen molar-refractivity contribution >= 4 is 0 Å². The van der Waals surface area contributed by atoms with Gasteiger partial charge in [-0.05, 0) is 26.2 Å². The molecule has 0 radical (unpaired) electrons. The maximum atomic E-state index is 5.45. The third kappa shape index (κ3) is 0.873. The lowest BCUT2D eigenvalue weighted by Gasteiger charge is -2.21. The van der Waals surface area contributed by atoms with Gasteiger partial charge in [-0.2, -0.15) is 0 Å². The highest BCUT2D eigenvalue weighted by Crippen LogP contribution is 2.30. The molecule has 1 heteroatoms. The van der Waals surface area contributed by atoms with Crippen LogP contribution in [0.4, 0.5) is 0 Å². The van der Waals surface area contributed by atoms with E-state index in [1.807, 2.05) is 0 Å². The van der Waals surface area contributed by atoms with E-state index in [0.29, 0.717) is 0 Å². The number of rotatable bonds is 0. The van der Waals surface area contributed by atoms with Gasteiger partial charge in [-0.25, -0.2) is 0 Å². The Hall–Kier alpha value is -0.0400. The van der Waals surface area contributed by atoms with Gasteiger partial charge in [-0.15, -0.1) is 0 Å². The quantitative estimate of drug-likeness (QED) is 0.466. The van der Waals surface area contributed by atoms with Crippen LogP contribution in [-0.2, 0) is 4.74 Å². The molecule has 1 nitrogen and oxygen atoms in total. The van der Waals surface area contributed by atoms with Crippen LogP contribution in [0.15, 0.2) is 0 Å². The van der Waals surface area contributed by atoms with E-state index in [4.69, 9.17) is 4.74 Å². The number of hydrogen-bond donors (Lipinski definition) is 0. The highest BCUT2D eigenvalue weighted by atomic mass is 16.5. The molecule has 0 aliphatic carbocycles. The van der Waals surface area contributed by atoms with Gasteiger partial charge in [0.2, 0.25) is 0 Å². The summed E-state index contributed by atoms with van der Waals surface area (Å²) in [5.74, 6) is 0.738. The summed E-state index contributed by atoms with van der Waals surface area (Å²) < 4.78 is 5.45. The van der Waals surface area contributed by atoms with Gasteiger partial charge in [0.25, 0.3) is 0 Å². The van der Waals surface area contributed by atoms with Crippen molar-refractivity contribution in [1.29, 1.82) is 0 Å². The third-order valence-electron chi connectivity index (χ3n) is 2.21. The molecule has 0 bridgehead atoms. The highest BCUT2D eigenvalue weighted by Gasteiger charge is 2.31. The molecule has 1 heterocycles. The van der Waals surface area contributed by atoms with E-state index in [1.165, 1.54) is 6.42 Å². The van der Waals surface area contributed by atoms with Crippen molar-refractivity contribution in [3.63, 3.8) is 0 Å². The van der Waals surface area contributed by atoms with Gasteiger partial charge in [-0.3, -0.25) is 0 Å². The Balaban J connectivity index is 2.54. The molecule has 0 aromatic heterocycles. The lowest BCUT2D eigenvalue weighted by atomic mass is 9.93. The van der Waals surface area contributed by atoms with Crippen LogP contribution in [0.5, 0.6) is 0 Å². The predicted molar refractivity (Wildman–Crippen MR) is 33.8 cm³/mol. The first-order valence-electron chi connectivity index (χ1n) is 3.27. The number of hydrogen-bond acceptors (Lipinski definition) is 1. The summed E-state index contributed by atoms with van der Waals surface area (Å²) in [4.78, 5) is 0. The average Bonchev–Trinajstić information content (AvgIpc) is 1.86. The van der Waals surface area contributed by atoms with E-state index in [2.05, 4.69) is 20.8 Å². The van der Waals surface area contributed by atoms with Crippen LogP contribution >= 0.6 is 0 Å². The Morgan fingerprint density at radius 3 is 2.25 bits per heavy atom. The molecule has 1 aliphatic rings. The molecule has 1 unspecified atom stereocenters. The molecule has 0 aromatic carbocycles. The van der Waals surface area contributed by atoms with E-state index in [0.717, 1.165) is 12.5 Å². The van der Waals surface area contributed by atoms with Gasteiger partial charge in [0.15, 0.2) is 0 Å². The van der Waals surface area contributed by atoms with Crippen LogP contribution < -0.4 is 0 Å². The van der Waals surface area contributed by atoms with Crippen molar-refractivity contribution in [2.75, 3.05) is 6.61 Å². The summed E-state index contributed by atoms with van der Waals surface area (Å²) in [7, 11) is 0. The molecular weight excluding hydrogens is 100 g/mol. The van der Waals surface area contributed by atoms with Crippen LogP contribution in [0, 0.1) is 5.92 Å². The van der Waals surface area contributed by atoms with Gasteiger partial charge < -0.3 is 4.74 Å². The molecule has 0 N–H and O–H groups in total. The molecule has 0 aromatic rings. The SMILES string of the molecule is CC1CCOC1(C)C. The van der Waals surface area contributed by atoms with Gasteiger partial charge >= 0.3 is 0 Å². The zero-order valence-corrected chi connectivity index (χ0v) is 5.90. The summed E-state index contributed by atoms with van der Waals surface area (Å²) in [5, 5.41) is 0. The Labute approximate surface area is 51.0 Å². The molecular formula is C7H14O. The van der Waals surface area contributed by atoms with Crippen LogP contribution in [0.25, 0.3) is 0 Å². The zero-order chi connectivity index (χ0) is 6.20. The summed E-state index contributed by atoms with van der Waals surface area (Å²) in [6.45, 7) is 7.51. The lowest BCUT2D eigenvalue weighted by molar-refractivity contribution is 0.0153. The van der Waals surface area contributed by atoms with E-state index < -0.39 is 0 Å². The molecule has 0 amide bonds. The standard InChI is InChI=1S/C7H14O/c1-6-4-5-8-7(6,2)3/h6H,4-5H2,1-3H3. The van der Waals surface area contributed by atoms with E-state index in [1.54, 1.807) is 0 Å². The minimum atomic E-state index is 0.153. The molecule has 1 rings (SSSR count).